The summed E-state index contributed by atoms with van der Waals surface area (Å²) in [4.78, 5) is 30.0. The van der Waals surface area contributed by atoms with Crippen molar-refractivity contribution in [3.8, 4) is 5.69 Å². The number of esters is 2. The van der Waals surface area contributed by atoms with E-state index in [0.29, 0.717) is 29.1 Å². The van der Waals surface area contributed by atoms with Crippen molar-refractivity contribution in [2.75, 3.05) is 13.2 Å². The van der Waals surface area contributed by atoms with E-state index in [4.69, 9.17) is 9.47 Å². The molecule has 0 bridgehead atoms. The molecule has 0 saturated carbocycles. The Morgan fingerprint density at radius 2 is 1.68 bits per heavy atom. The number of nitrogens with one attached hydrogen (secondary N) is 1. The van der Waals surface area contributed by atoms with Gasteiger partial charge >= 0.3 is 11.9 Å². The molecule has 1 N–H and O–H groups in total. The van der Waals surface area contributed by atoms with Crippen LogP contribution in [0.5, 0.6) is 0 Å². The molecule has 7 nitrogen and oxygen atoms in total. The number of aromatic nitrogens is 2. The molecule has 7 heteroatoms. The summed E-state index contributed by atoms with van der Waals surface area (Å²) >= 11 is 0. The third kappa shape index (κ3) is 4.87. The second-order valence-electron chi connectivity index (χ2n) is 7.91. The summed E-state index contributed by atoms with van der Waals surface area (Å²) < 4.78 is 12.8. The summed E-state index contributed by atoms with van der Waals surface area (Å²) in [5, 5.41) is 3.17. The minimum atomic E-state index is -0.586. The van der Waals surface area contributed by atoms with Gasteiger partial charge in [-0.15, -0.1) is 0 Å². The molecule has 0 aliphatic carbocycles. The van der Waals surface area contributed by atoms with Crippen molar-refractivity contribution >= 4 is 11.9 Å². The van der Waals surface area contributed by atoms with Crippen LogP contribution in [0.4, 0.5) is 0 Å². The zero-order valence-corrected chi connectivity index (χ0v) is 18.6. The normalized spacial score (nSPS) is 16.4. The number of ether oxygens (including phenoxy) is 2. The van der Waals surface area contributed by atoms with Crippen LogP contribution in [0.2, 0.25) is 0 Å². The molecule has 1 aromatic carbocycles. The molecule has 2 aromatic rings. The molecule has 1 aliphatic heterocycles. The fraction of sp³-hybridized carbons (Fsp3) is 0.375. The van der Waals surface area contributed by atoms with Gasteiger partial charge in [0.15, 0.2) is 0 Å². The van der Waals surface area contributed by atoms with Crippen LogP contribution in [-0.2, 0) is 19.1 Å². The van der Waals surface area contributed by atoms with Gasteiger partial charge in [-0.05, 0) is 44.4 Å². The largest absolute Gasteiger partial charge is 0.463 e. The number of carbonyl (C=O) groups excluding carboxylic acids is 2. The Kier molecular flexibility index (Phi) is 6.95. The Balaban J connectivity index is 2.06. The smallest absolute Gasteiger partial charge is 0.336 e. The van der Waals surface area contributed by atoms with Gasteiger partial charge in [0, 0.05) is 29.5 Å². The summed E-state index contributed by atoms with van der Waals surface area (Å²) in [6.45, 7) is 9.92. The lowest BCUT2D eigenvalue weighted by atomic mass is 9.80. The Hall–Kier alpha value is -3.35. The number of benzene rings is 1. The van der Waals surface area contributed by atoms with Crippen LogP contribution in [-0.4, -0.2) is 34.7 Å². The molecule has 0 fully saturated rings. The lowest BCUT2D eigenvalue weighted by Gasteiger charge is -2.30. The van der Waals surface area contributed by atoms with E-state index in [9.17, 15) is 9.59 Å². The molecule has 0 amide bonds. The molecular weight excluding hydrogens is 394 g/mol. The van der Waals surface area contributed by atoms with Gasteiger partial charge in [0.1, 0.15) is 0 Å². The van der Waals surface area contributed by atoms with Crippen molar-refractivity contribution < 1.29 is 19.1 Å². The first-order valence-corrected chi connectivity index (χ1v) is 10.4. The van der Waals surface area contributed by atoms with E-state index in [-0.39, 0.29) is 12.5 Å². The van der Waals surface area contributed by atoms with Crippen LogP contribution in [0.3, 0.4) is 0 Å². The number of nitrogens with zero attached hydrogens (tertiary/aromatic N) is 2. The number of rotatable bonds is 7. The average Bonchev–Trinajstić information content (AvgIpc) is 3.26. The molecule has 1 unspecified atom stereocenters. The maximum absolute atomic E-state index is 13.1. The number of hydrogen-bond acceptors (Lipinski definition) is 6. The first-order chi connectivity index (χ1) is 14.8. The number of dihydropyridines is 1. The van der Waals surface area contributed by atoms with Gasteiger partial charge in [-0.3, -0.25) is 0 Å². The van der Waals surface area contributed by atoms with Crippen molar-refractivity contribution in [1.29, 1.82) is 0 Å². The predicted octanol–water partition coefficient (Wildman–Crippen LogP) is 3.87. The van der Waals surface area contributed by atoms with E-state index in [2.05, 4.69) is 10.3 Å². The van der Waals surface area contributed by atoms with Crippen LogP contribution in [0.1, 0.15) is 46.1 Å². The third-order valence-corrected chi connectivity index (χ3v) is 5.05. The zero-order valence-electron chi connectivity index (χ0n) is 18.6. The van der Waals surface area contributed by atoms with Crippen molar-refractivity contribution in [2.45, 2.75) is 40.5 Å². The molecule has 3 rings (SSSR count). The lowest BCUT2D eigenvalue weighted by Crippen LogP contribution is -2.32. The lowest BCUT2D eigenvalue weighted by molar-refractivity contribution is -0.140. The van der Waals surface area contributed by atoms with E-state index in [1.807, 2.05) is 62.7 Å². The zero-order chi connectivity index (χ0) is 22.5. The quantitative estimate of drug-likeness (QED) is 0.681. The Morgan fingerprint density at radius 3 is 2.19 bits per heavy atom. The van der Waals surface area contributed by atoms with Crippen molar-refractivity contribution in [1.82, 2.24) is 14.9 Å². The molecule has 1 atom stereocenters. The molecule has 0 spiro atoms. The van der Waals surface area contributed by atoms with Crippen molar-refractivity contribution in [2.24, 2.45) is 5.92 Å². The van der Waals surface area contributed by atoms with Gasteiger partial charge in [-0.2, -0.15) is 0 Å². The fourth-order valence-electron chi connectivity index (χ4n) is 3.65. The molecule has 31 heavy (non-hydrogen) atoms. The minimum absolute atomic E-state index is 0.205. The van der Waals surface area contributed by atoms with Crippen molar-refractivity contribution in [3.05, 3.63) is 71.1 Å². The monoisotopic (exact) mass is 423 g/mol. The van der Waals surface area contributed by atoms with E-state index >= 15 is 0 Å². The number of hydrogen-bond donors (Lipinski definition) is 1. The molecular formula is C24H29N3O4. The maximum atomic E-state index is 13.1. The Morgan fingerprint density at radius 1 is 1.06 bits per heavy atom. The van der Waals surface area contributed by atoms with Gasteiger partial charge < -0.3 is 19.4 Å². The first kappa shape index (κ1) is 22.3. The van der Waals surface area contributed by atoms with Gasteiger partial charge in [0.2, 0.25) is 0 Å². The number of allylic oxidation sites excluding steroid dienone is 2. The van der Waals surface area contributed by atoms with Crippen LogP contribution in [0.15, 0.2) is 65.5 Å². The topological polar surface area (TPSA) is 82.5 Å². The molecule has 0 radical (unpaired) electrons. The van der Waals surface area contributed by atoms with Crippen LogP contribution in [0, 0.1) is 5.92 Å². The van der Waals surface area contributed by atoms with Crippen LogP contribution >= 0.6 is 0 Å². The predicted molar refractivity (Wildman–Crippen MR) is 117 cm³/mol. The highest BCUT2D eigenvalue weighted by molar-refractivity contribution is 5.99. The highest BCUT2D eigenvalue weighted by Crippen LogP contribution is 2.39. The fourth-order valence-corrected chi connectivity index (χ4v) is 3.65. The van der Waals surface area contributed by atoms with Gasteiger partial charge in [-0.1, -0.05) is 26.0 Å². The summed E-state index contributed by atoms with van der Waals surface area (Å²) in [7, 11) is 0. The number of imidazole rings is 1. The Bertz CT molecular complexity index is 1000. The van der Waals surface area contributed by atoms with E-state index in [1.165, 1.54) is 0 Å². The van der Waals surface area contributed by atoms with Gasteiger partial charge in [0.05, 0.1) is 36.6 Å². The second-order valence-corrected chi connectivity index (χ2v) is 7.91. The van der Waals surface area contributed by atoms with Gasteiger partial charge in [-0.25, -0.2) is 14.6 Å². The van der Waals surface area contributed by atoms with Crippen molar-refractivity contribution in [3.63, 3.8) is 0 Å². The third-order valence-electron chi connectivity index (χ3n) is 5.05. The van der Waals surface area contributed by atoms with Crippen LogP contribution in [0.25, 0.3) is 5.69 Å². The second kappa shape index (κ2) is 9.64. The summed E-state index contributed by atoms with van der Waals surface area (Å²) in [6, 6.07) is 7.70. The highest BCUT2D eigenvalue weighted by atomic mass is 16.5. The summed E-state index contributed by atoms with van der Waals surface area (Å²) in [5.41, 5.74) is 3.91. The average molecular weight is 424 g/mol. The Labute approximate surface area is 182 Å². The minimum Gasteiger partial charge on any atom is -0.463 e. The standard InChI is InChI=1S/C24H29N3O4/c1-6-30-23(28)20-16(4)26-17(5)21(24(29)31-13-15(2)3)22(20)18-7-9-19(10-8-18)27-12-11-25-14-27/h7-12,14-15,22,26H,6,13H2,1-5H3. The molecule has 2 heterocycles. The highest BCUT2D eigenvalue weighted by Gasteiger charge is 2.38. The van der Waals surface area contributed by atoms with E-state index in [1.54, 1.807) is 19.4 Å². The molecule has 1 aliphatic rings. The van der Waals surface area contributed by atoms with Gasteiger partial charge in [0.25, 0.3) is 0 Å². The van der Waals surface area contributed by atoms with E-state index in [0.717, 1.165) is 11.3 Å². The molecule has 0 saturated heterocycles. The summed E-state index contributed by atoms with van der Waals surface area (Å²) in [6.07, 6.45) is 5.28. The summed E-state index contributed by atoms with van der Waals surface area (Å²) in [5.74, 6) is -1.26. The number of carbonyl (C=O) groups is 2. The molecule has 1 aromatic heterocycles. The molecule has 164 valence electrons. The SMILES string of the molecule is CCOC(=O)C1=C(C)NC(C)=C(C(=O)OCC(C)C)C1c1ccc(-n2ccnc2)cc1. The van der Waals surface area contributed by atoms with E-state index < -0.39 is 17.9 Å². The maximum Gasteiger partial charge on any atom is 0.336 e. The van der Waals surface area contributed by atoms with Crippen LogP contribution < -0.4 is 5.32 Å². The first-order valence-electron chi connectivity index (χ1n) is 10.4.